The summed E-state index contributed by atoms with van der Waals surface area (Å²) < 4.78 is 23.8. The summed E-state index contributed by atoms with van der Waals surface area (Å²) in [6.45, 7) is 1.64. The molecule has 0 aliphatic rings. The van der Waals surface area contributed by atoms with Gasteiger partial charge in [-0.3, -0.25) is 4.79 Å². The second-order valence-corrected chi connectivity index (χ2v) is 6.87. The number of carbonyl (C=O) groups excluding carboxylic acids is 2. The van der Waals surface area contributed by atoms with E-state index < -0.39 is 17.7 Å². The van der Waals surface area contributed by atoms with Crippen molar-refractivity contribution in [2.75, 3.05) is 6.61 Å². The Kier molecular flexibility index (Phi) is 7.35. The van der Waals surface area contributed by atoms with Crippen molar-refractivity contribution >= 4 is 29.7 Å². The molecule has 158 valence electrons. The average molecular weight is 441 g/mol. The Balaban J connectivity index is 1.47. The molecule has 0 bridgehead atoms. The van der Waals surface area contributed by atoms with Gasteiger partial charge in [-0.1, -0.05) is 17.7 Å². The lowest BCUT2D eigenvalue weighted by Crippen LogP contribution is -2.24. The normalized spacial score (nSPS) is 10.7. The highest BCUT2D eigenvalue weighted by Gasteiger charge is 2.09. The molecular formula is C23H18ClFN2O4. The summed E-state index contributed by atoms with van der Waals surface area (Å²) in [6, 6.07) is 16.8. The number of halogens is 2. The van der Waals surface area contributed by atoms with Gasteiger partial charge in [-0.25, -0.2) is 14.6 Å². The lowest BCUT2D eigenvalue weighted by Gasteiger charge is -2.06. The van der Waals surface area contributed by atoms with E-state index in [1.165, 1.54) is 24.4 Å². The lowest BCUT2D eigenvalue weighted by atomic mass is 10.2. The molecule has 0 aliphatic carbocycles. The molecule has 0 radical (unpaired) electrons. The second kappa shape index (κ2) is 10.4. The van der Waals surface area contributed by atoms with Crippen LogP contribution in [0.15, 0.2) is 71.8 Å². The highest BCUT2D eigenvalue weighted by molar-refractivity contribution is 6.31. The van der Waals surface area contributed by atoms with Crippen molar-refractivity contribution in [3.8, 4) is 11.5 Å². The number of hydrogen-bond acceptors (Lipinski definition) is 5. The molecule has 1 amide bonds. The van der Waals surface area contributed by atoms with Gasteiger partial charge in [-0.2, -0.15) is 5.10 Å². The third kappa shape index (κ3) is 6.65. The molecule has 1 N–H and O–H groups in total. The van der Waals surface area contributed by atoms with Crippen molar-refractivity contribution in [3.63, 3.8) is 0 Å². The van der Waals surface area contributed by atoms with Crippen LogP contribution in [0.3, 0.4) is 0 Å². The predicted octanol–water partition coefficient (Wildman–Crippen LogP) is 4.54. The number of nitrogens with one attached hydrogen (secondary N) is 1. The first-order chi connectivity index (χ1) is 14.9. The van der Waals surface area contributed by atoms with Gasteiger partial charge in [0.05, 0.1) is 11.8 Å². The molecule has 8 heteroatoms. The molecule has 0 saturated heterocycles. The minimum absolute atomic E-state index is 0.115. The summed E-state index contributed by atoms with van der Waals surface area (Å²) in [5.74, 6) is -0.781. The largest absolute Gasteiger partial charge is 0.484 e. The third-order valence-corrected chi connectivity index (χ3v) is 4.48. The van der Waals surface area contributed by atoms with Crippen molar-refractivity contribution < 1.29 is 23.5 Å². The molecule has 0 atom stereocenters. The van der Waals surface area contributed by atoms with Crippen LogP contribution < -0.4 is 14.9 Å². The summed E-state index contributed by atoms with van der Waals surface area (Å²) in [4.78, 5) is 23.8. The maximum absolute atomic E-state index is 13.2. The van der Waals surface area contributed by atoms with E-state index in [1.807, 2.05) is 6.92 Å². The van der Waals surface area contributed by atoms with Crippen molar-refractivity contribution in [3.05, 3.63) is 94.3 Å². The molecular weight excluding hydrogens is 423 g/mol. The molecule has 0 heterocycles. The Labute approximate surface area is 183 Å². The Bertz CT molecular complexity index is 1120. The van der Waals surface area contributed by atoms with E-state index in [4.69, 9.17) is 21.1 Å². The van der Waals surface area contributed by atoms with E-state index in [-0.39, 0.29) is 12.2 Å². The van der Waals surface area contributed by atoms with Gasteiger partial charge in [0.1, 0.15) is 17.3 Å². The summed E-state index contributed by atoms with van der Waals surface area (Å²) in [5.41, 5.74) is 3.99. The fourth-order valence-electron chi connectivity index (χ4n) is 2.47. The zero-order chi connectivity index (χ0) is 22.2. The molecule has 3 aromatic carbocycles. The van der Waals surface area contributed by atoms with E-state index >= 15 is 0 Å². The van der Waals surface area contributed by atoms with E-state index in [1.54, 1.807) is 42.5 Å². The topological polar surface area (TPSA) is 77.0 Å². The average Bonchev–Trinajstić information content (AvgIpc) is 2.76. The van der Waals surface area contributed by atoms with Crippen LogP contribution in [0.4, 0.5) is 4.39 Å². The number of amides is 1. The number of hydrogen-bond donors (Lipinski definition) is 1. The standard InChI is InChI=1S/C23H18ClFN2O4/c1-15-11-20(9-10-21(15)24)30-14-22(28)27-26-13-16-5-7-19(8-6-16)31-23(29)17-3-2-4-18(25)12-17/h2-13H,14H2,1H3,(H,27,28)/b26-13+. The molecule has 3 aromatic rings. The Hall–Kier alpha value is -3.71. The fourth-order valence-corrected chi connectivity index (χ4v) is 2.59. The van der Waals surface area contributed by atoms with Crippen LogP contribution in [0, 0.1) is 12.7 Å². The maximum Gasteiger partial charge on any atom is 0.343 e. The van der Waals surface area contributed by atoms with Gasteiger partial charge in [0, 0.05) is 5.02 Å². The highest BCUT2D eigenvalue weighted by Crippen LogP contribution is 2.20. The first kappa shape index (κ1) is 22.0. The quantitative estimate of drug-likeness (QED) is 0.253. The van der Waals surface area contributed by atoms with Crippen LogP contribution in [0.5, 0.6) is 11.5 Å². The first-order valence-corrected chi connectivity index (χ1v) is 9.57. The van der Waals surface area contributed by atoms with Crippen LogP contribution in [0.1, 0.15) is 21.5 Å². The van der Waals surface area contributed by atoms with Gasteiger partial charge in [0.2, 0.25) is 0 Å². The summed E-state index contributed by atoms with van der Waals surface area (Å²) in [5, 5.41) is 4.48. The molecule has 0 aromatic heterocycles. The van der Waals surface area contributed by atoms with Gasteiger partial charge in [0.15, 0.2) is 6.61 Å². The van der Waals surface area contributed by atoms with E-state index in [0.717, 1.165) is 11.6 Å². The van der Waals surface area contributed by atoms with Crippen LogP contribution in [0.2, 0.25) is 5.02 Å². The van der Waals surface area contributed by atoms with Gasteiger partial charge < -0.3 is 9.47 Å². The van der Waals surface area contributed by atoms with Crippen molar-refractivity contribution in [1.29, 1.82) is 0 Å². The highest BCUT2D eigenvalue weighted by atomic mass is 35.5. The van der Waals surface area contributed by atoms with Crippen molar-refractivity contribution in [2.24, 2.45) is 5.10 Å². The number of esters is 1. The smallest absolute Gasteiger partial charge is 0.343 e. The number of carbonyl (C=O) groups is 2. The molecule has 31 heavy (non-hydrogen) atoms. The summed E-state index contributed by atoms with van der Waals surface area (Å²) >= 11 is 5.95. The summed E-state index contributed by atoms with van der Waals surface area (Å²) in [7, 11) is 0. The summed E-state index contributed by atoms with van der Waals surface area (Å²) in [6.07, 6.45) is 1.43. The van der Waals surface area contributed by atoms with E-state index in [0.29, 0.717) is 22.1 Å². The maximum atomic E-state index is 13.2. The van der Waals surface area contributed by atoms with Gasteiger partial charge >= 0.3 is 5.97 Å². The number of benzene rings is 3. The van der Waals surface area contributed by atoms with E-state index in [2.05, 4.69) is 10.5 Å². The zero-order valence-electron chi connectivity index (χ0n) is 16.5. The number of aryl methyl sites for hydroxylation is 1. The monoisotopic (exact) mass is 440 g/mol. The Morgan fingerprint density at radius 3 is 2.52 bits per heavy atom. The van der Waals surface area contributed by atoms with Crippen molar-refractivity contribution in [2.45, 2.75) is 6.92 Å². The van der Waals surface area contributed by atoms with E-state index in [9.17, 15) is 14.0 Å². The molecule has 6 nitrogen and oxygen atoms in total. The number of rotatable bonds is 7. The number of nitrogens with zero attached hydrogens (tertiary/aromatic N) is 1. The van der Waals surface area contributed by atoms with Crippen LogP contribution in [0.25, 0.3) is 0 Å². The molecule has 0 unspecified atom stereocenters. The molecule has 3 rings (SSSR count). The number of hydrazone groups is 1. The van der Waals surface area contributed by atoms with Crippen LogP contribution in [-0.2, 0) is 4.79 Å². The van der Waals surface area contributed by atoms with Crippen LogP contribution in [-0.4, -0.2) is 24.7 Å². The Morgan fingerprint density at radius 2 is 1.81 bits per heavy atom. The van der Waals surface area contributed by atoms with Gasteiger partial charge in [-0.15, -0.1) is 0 Å². The first-order valence-electron chi connectivity index (χ1n) is 9.19. The Morgan fingerprint density at radius 1 is 1.06 bits per heavy atom. The minimum atomic E-state index is -0.663. The zero-order valence-corrected chi connectivity index (χ0v) is 17.2. The van der Waals surface area contributed by atoms with Crippen LogP contribution >= 0.6 is 11.6 Å². The minimum Gasteiger partial charge on any atom is -0.484 e. The molecule has 0 aliphatic heterocycles. The lowest BCUT2D eigenvalue weighted by molar-refractivity contribution is -0.123. The van der Waals surface area contributed by atoms with Gasteiger partial charge in [-0.05, 0) is 78.7 Å². The molecule has 0 saturated carbocycles. The number of ether oxygens (including phenoxy) is 2. The third-order valence-electron chi connectivity index (χ3n) is 4.05. The second-order valence-electron chi connectivity index (χ2n) is 6.46. The SMILES string of the molecule is Cc1cc(OCC(=O)N/N=C/c2ccc(OC(=O)c3cccc(F)c3)cc2)ccc1Cl. The predicted molar refractivity (Wildman–Crippen MR) is 115 cm³/mol. The van der Waals surface area contributed by atoms with Crippen molar-refractivity contribution in [1.82, 2.24) is 5.43 Å². The fraction of sp³-hybridized carbons (Fsp3) is 0.0870. The van der Waals surface area contributed by atoms with Gasteiger partial charge in [0.25, 0.3) is 5.91 Å². The molecule has 0 spiro atoms. The molecule has 0 fully saturated rings.